The molecule has 1 atom stereocenters. The van der Waals surface area contributed by atoms with E-state index in [0.717, 1.165) is 44.6 Å². The molecule has 1 heterocycles. The first-order valence-electron chi connectivity index (χ1n) is 18.1. The molecule has 10 heteroatoms. The van der Waals surface area contributed by atoms with E-state index in [1.54, 1.807) is 18.7 Å². The largest absolute Gasteiger partial charge is 0.445 e. The van der Waals surface area contributed by atoms with Gasteiger partial charge in [0.2, 0.25) is 11.8 Å². The molecule has 1 aliphatic heterocycles. The third-order valence-electron chi connectivity index (χ3n) is 9.41. The quantitative estimate of drug-likeness (QED) is 0.110. The molecule has 5 amide bonds. The van der Waals surface area contributed by atoms with Crippen LogP contribution in [0.3, 0.4) is 0 Å². The van der Waals surface area contributed by atoms with Crippen LogP contribution in [-0.2, 0) is 47.0 Å². The minimum Gasteiger partial charge on any atom is -0.445 e. The molecule has 5 aromatic rings. The van der Waals surface area contributed by atoms with Gasteiger partial charge in [-0.25, -0.2) is 9.59 Å². The summed E-state index contributed by atoms with van der Waals surface area (Å²) in [4.78, 5) is 54.6. The molecular formula is C44H45N5O5. The highest BCUT2D eigenvalue weighted by Crippen LogP contribution is 2.30. The maximum absolute atomic E-state index is 14.2. The Bertz CT molecular complexity index is 2070. The third-order valence-corrected chi connectivity index (χ3v) is 9.41. The first kappa shape index (κ1) is 37.3. The number of alkyl carbamates (subject to hydrolysis) is 1. The number of rotatable bonds is 12. The molecule has 1 aliphatic rings. The van der Waals surface area contributed by atoms with Crippen molar-refractivity contribution < 1.29 is 23.9 Å². The third kappa shape index (κ3) is 9.71. The summed E-state index contributed by atoms with van der Waals surface area (Å²) >= 11 is 0. The van der Waals surface area contributed by atoms with E-state index in [-0.39, 0.29) is 18.5 Å². The number of urea groups is 1. The zero-order valence-corrected chi connectivity index (χ0v) is 30.5. The van der Waals surface area contributed by atoms with Crippen molar-refractivity contribution in [3.8, 4) is 11.1 Å². The molecule has 0 unspecified atom stereocenters. The van der Waals surface area contributed by atoms with Gasteiger partial charge in [0.15, 0.2) is 0 Å². The SMILES string of the molecule is CC(C)(NC(=O)OCc1ccccc1)C(=O)N[C@@H]1CCc2ccccc2N(Cc2ccc(-c3ccccc3CNC(=O)NCc3ccccc3)cc2)C1=O. The second-order valence-electron chi connectivity index (χ2n) is 13.8. The number of benzene rings is 5. The zero-order valence-electron chi connectivity index (χ0n) is 30.5. The van der Waals surface area contributed by atoms with E-state index < -0.39 is 23.6 Å². The average molecular weight is 724 g/mol. The second kappa shape index (κ2) is 17.4. The van der Waals surface area contributed by atoms with Crippen LogP contribution in [0.5, 0.6) is 0 Å². The number of hydrogen-bond acceptors (Lipinski definition) is 5. The second-order valence-corrected chi connectivity index (χ2v) is 13.8. The molecule has 0 saturated carbocycles. The van der Waals surface area contributed by atoms with Crippen LogP contribution in [-0.4, -0.2) is 35.5 Å². The Hall–Kier alpha value is -6.42. The lowest BCUT2D eigenvalue weighted by molar-refractivity contribution is -0.131. The lowest BCUT2D eigenvalue weighted by Crippen LogP contribution is -2.59. The Morgan fingerprint density at radius 1 is 0.722 bits per heavy atom. The van der Waals surface area contributed by atoms with E-state index in [2.05, 4.69) is 21.3 Å². The normalized spacial score (nSPS) is 13.9. The maximum atomic E-state index is 14.2. The molecule has 4 N–H and O–H groups in total. The molecule has 0 aromatic heterocycles. The Labute approximate surface area is 315 Å². The van der Waals surface area contributed by atoms with Gasteiger partial charge in [-0.05, 0) is 71.7 Å². The van der Waals surface area contributed by atoms with Crippen molar-refractivity contribution in [2.24, 2.45) is 0 Å². The molecule has 276 valence electrons. The summed E-state index contributed by atoms with van der Waals surface area (Å²) in [6.07, 6.45) is 0.261. The zero-order chi connectivity index (χ0) is 37.9. The van der Waals surface area contributed by atoms with Gasteiger partial charge in [-0.2, -0.15) is 0 Å². The van der Waals surface area contributed by atoms with Gasteiger partial charge >= 0.3 is 12.1 Å². The van der Waals surface area contributed by atoms with E-state index in [9.17, 15) is 19.2 Å². The molecule has 0 radical (unpaired) electrons. The number of ether oxygens (including phenoxy) is 1. The van der Waals surface area contributed by atoms with Crippen molar-refractivity contribution in [2.75, 3.05) is 4.90 Å². The number of nitrogens with one attached hydrogen (secondary N) is 4. The lowest BCUT2D eigenvalue weighted by Gasteiger charge is -2.30. The van der Waals surface area contributed by atoms with Gasteiger partial charge < -0.3 is 30.9 Å². The summed E-state index contributed by atoms with van der Waals surface area (Å²) < 4.78 is 5.33. The monoisotopic (exact) mass is 723 g/mol. The van der Waals surface area contributed by atoms with Crippen LogP contribution in [0.2, 0.25) is 0 Å². The highest BCUT2D eigenvalue weighted by Gasteiger charge is 2.36. The summed E-state index contributed by atoms with van der Waals surface area (Å²) in [5.74, 6) is -0.726. The molecular weight excluding hydrogens is 679 g/mol. The van der Waals surface area contributed by atoms with Crippen molar-refractivity contribution in [3.05, 3.63) is 161 Å². The molecule has 54 heavy (non-hydrogen) atoms. The topological polar surface area (TPSA) is 129 Å². The van der Waals surface area contributed by atoms with Crippen LogP contribution >= 0.6 is 0 Å². The fourth-order valence-electron chi connectivity index (χ4n) is 6.37. The minimum absolute atomic E-state index is 0.0672. The molecule has 0 saturated heterocycles. The average Bonchev–Trinajstić information content (AvgIpc) is 3.32. The number of para-hydroxylation sites is 1. The van der Waals surface area contributed by atoms with Crippen LogP contribution in [0.15, 0.2) is 133 Å². The van der Waals surface area contributed by atoms with E-state index in [1.807, 2.05) is 133 Å². The number of aryl methyl sites for hydroxylation is 1. The maximum Gasteiger partial charge on any atom is 0.408 e. The molecule has 5 aromatic carbocycles. The smallest absolute Gasteiger partial charge is 0.408 e. The van der Waals surface area contributed by atoms with Gasteiger partial charge in [-0.1, -0.05) is 127 Å². The highest BCUT2D eigenvalue weighted by atomic mass is 16.5. The predicted molar refractivity (Wildman–Crippen MR) is 209 cm³/mol. The van der Waals surface area contributed by atoms with Crippen molar-refractivity contribution >= 4 is 29.6 Å². The first-order chi connectivity index (χ1) is 26.2. The van der Waals surface area contributed by atoms with Crippen molar-refractivity contribution in [1.29, 1.82) is 0 Å². The number of carbonyl (C=O) groups is 4. The van der Waals surface area contributed by atoms with Crippen LogP contribution in [0, 0.1) is 0 Å². The fourth-order valence-corrected chi connectivity index (χ4v) is 6.37. The number of anilines is 1. The molecule has 10 nitrogen and oxygen atoms in total. The Kier molecular flexibility index (Phi) is 12.0. The van der Waals surface area contributed by atoms with Gasteiger partial charge in [-0.15, -0.1) is 0 Å². The predicted octanol–water partition coefficient (Wildman–Crippen LogP) is 7.02. The van der Waals surface area contributed by atoms with Gasteiger partial charge in [0.25, 0.3) is 0 Å². The Balaban J connectivity index is 1.10. The fraction of sp³-hybridized carbons (Fsp3) is 0.227. The number of amides is 5. The molecule has 0 fully saturated rings. The van der Waals surface area contributed by atoms with E-state index in [1.165, 1.54) is 0 Å². The lowest BCUT2D eigenvalue weighted by atomic mass is 9.98. The molecule has 0 bridgehead atoms. The van der Waals surface area contributed by atoms with Crippen molar-refractivity contribution in [1.82, 2.24) is 21.3 Å². The summed E-state index contributed by atoms with van der Waals surface area (Å²) in [6, 6.07) is 41.7. The van der Waals surface area contributed by atoms with Gasteiger partial charge in [0.05, 0.1) is 6.54 Å². The Morgan fingerprint density at radius 3 is 2.09 bits per heavy atom. The summed E-state index contributed by atoms with van der Waals surface area (Å²) in [6.45, 7) is 4.31. The van der Waals surface area contributed by atoms with E-state index >= 15 is 0 Å². The van der Waals surface area contributed by atoms with Crippen LogP contribution < -0.4 is 26.2 Å². The summed E-state index contributed by atoms with van der Waals surface area (Å²) in [5, 5.41) is 11.4. The molecule has 6 rings (SSSR count). The number of carbonyl (C=O) groups excluding carboxylic acids is 4. The van der Waals surface area contributed by atoms with Crippen LogP contribution in [0.25, 0.3) is 11.1 Å². The van der Waals surface area contributed by atoms with Gasteiger partial charge in [0, 0.05) is 18.8 Å². The van der Waals surface area contributed by atoms with Crippen molar-refractivity contribution in [3.63, 3.8) is 0 Å². The standard InChI is InChI=1S/C44H45N5O5/c1-44(2,48-43(53)54-30-33-15-7-4-8-16-33)41(51)47-38-26-25-35-17-10-12-20-39(35)49(40(38)50)29-32-21-23-34(24-22-32)37-19-11-9-18-36(37)28-46-42(52)45-27-31-13-5-3-6-14-31/h3-24,38H,25-30H2,1-2H3,(H,47,51)(H,48,53)(H2,45,46,52)/t38-/m1/s1. The van der Waals surface area contributed by atoms with Crippen LogP contribution in [0.4, 0.5) is 15.3 Å². The van der Waals surface area contributed by atoms with Crippen LogP contribution in [0.1, 0.15) is 48.1 Å². The van der Waals surface area contributed by atoms with Gasteiger partial charge in [-0.3, -0.25) is 9.59 Å². The number of nitrogens with zero attached hydrogens (tertiary/aromatic N) is 1. The Morgan fingerprint density at radius 2 is 1.35 bits per heavy atom. The van der Waals surface area contributed by atoms with Gasteiger partial charge in [0.1, 0.15) is 18.2 Å². The van der Waals surface area contributed by atoms with E-state index in [4.69, 9.17) is 4.74 Å². The minimum atomic E-state index is -1.34. The summed E-state index contributed by atoms with van der Waals surface area (Å²) in [7, 11) is 0. The number of hydrogen-bond donors (Lipinski definition) is 4. The number of fused-ring (bicyclic) bond motifs is 1. The summed E-state index contributed by atoms with van der Waals surface area (Å²) in [5.41, 5.74) is 6.16. The van der Waals surface area contributed by atoms with E-state index in [0.29, 0.717) is 32.5 Å². The highest BCUT2D eigenvalue weighted by molar-refractivity contribution is 6.01. The molecule has 0 aliphatic carbocycles. The first-order valence-corrected chi connectivity index (χ1v) is 18.1. The molecule has 0 spiro atoms. The van der Waals surface area contributed by atoms with Crippen molar-refractivity contribution in [2.45, 2.75) is 64.5 Å².